The average Bonchev–Trinajstić information content (AvgIpc) is 2.39. The Kier molecular flexibility index (Phi) is 3.67. The SMILES string of the molecule is CCOc1ccc(C)c2c1CCC(C)(C)CC2N. The van der Waals surface area contributed by atoms with E-state index in [2.05, 4.69) is 32.9 Å². The van der Waals surface area contributed by atoms with Crippen LogP contribution in [0.3, 0.4) is 0 Å². The summed E-state index contributed by atoms with van der Waals surface area (Å²) in [5.41, 5.74) is 10.7. The molecule has 2 heteroatoms. The number of hydrogen-bond acceptors (Lipinski definition) is 2. The Balaban J connectivity index is 2.49. The summed E-state index contributed by atoms with van der Waals surface area (Å²) < 4.78 is 5.78. The van der Waals surface area contributed by atoms with Gasteiger partial charge in [-0.15, -0.1) is 0 Å². The molecule has 0 heterocycles. The first kappa shape index (κ1) is 13.4. The fraction of sp³-hybridized carbons (Fsp3) is 0.625. The number of ether oxygens (including phenoxy) is 1. The molecule has 0 saturated carbocycles. The van der Waals surface area contributed by atoms with Crippen LogP contribution in [-0.2, 0) is 6.42 Å². The Bertz CT molecular complexity index is 437. The Labute approximate surface area is 111 Å². The normalized spacial score (nSPS) is 22.2. The second-order valence-electron chi connectivity index (χ2n) is 6.18. The summed E-state index contributed by atoms with van der Waals surface area (Å²) in [6.07, 6.45) is 3.31. The smallest absolute Gasteiger partial charge is 0.122 e. The van der Waals surface area contributed by atoms with Gasteiger partial charge in [-0.3, -0.25) is 0 Å². The predicted molar refractivity (Wildman–Crippen MR) is 76.0 cm³/mol. The summed E-state index contributed by atoms with van der Waals surface area (Å²) in [5, 5.41) is 0. The molecule has 1 aromatic carbocycles. The molecule has 0 amide bonds. The molecule has 1 aliphatic carbocycles. The first-order valence-electron chi connectivity index (χ1n) is 6.95. The zero-order valence-corrected chi connectivity index (χ0v) is 12.0. The topological polar surface area (TPSA) is 35.2 Å². The standard InChI is InChI=1S/C16H25NO/c1-5-18-14-7-6-11(2)15-12(14)8-9-16(3,4)10-13(15)17/h6-7,13H,5,8-10,17H2,1-4H3. The van der Waals surface area contributed by atoms with E-state index < -0.39 is 0 Å². The van der Waals surface area contributed by atoms with Crippen molar-refractivity contribution in [1.29, 1.82) is 0 Å². The van der Waals surface area contributed by atoms with Crippen molar-refractivity contribution in [2.45, 2.75) is 53.0 Å². The van der Waals surface area contributed by atoms with E-state index in [1.54, 1.807) is 0 Å². The van der Waals surface area contributed by atoms with Crippen LogP contribution in [0.25, 0.3) is 0 Å². The van der Waals surface area contributed by atoms with Gasteiger partial charge in [0.1, 0.15) is 5.75 Å². The molecule has 1 aliphatic rings. The Hall–Kier alpha value is -1.02. The lowest BCUT2D eigenvalue weighted by Crippen LogP contribution is -2.19. The van der Waals surface area contributed by atoms with Gasteiger partial charge in [-0.05, 0) is 61.3 Å². The van der Waals surface area contributed by atoms with Crippen molar-refractivity contribution in [2.75, 3.05) is 6.61 Å². The molecule has 1 unspecified atom stereocenters. The molecule has 2 rings (SSSR count). The lowest BCUT2D eigenvalue weighted by molar-refractivity contribution is 0.292. The lowest BCUT2D eigenvalue weighted by Gasteiger charge is -2.25. The van der Waals surface area contributed by atoms with Gasteiger partial charge in [0.25, 0.3) is 0 Å². The molecular formula is C16H25NO. The third kappa shape index (κ3) is 2.54. The van der Waals surface area contributed by atoms with E-state index in [9.17, 15) is 0 Å². The van der Waals surface area contributed by atoms with Crippen molar-refractivity contribution in [3.8, 4) is 5.75 Å². The van der Waals surface area contributed by atoms with Crippen LogP contribution in [-0.4, -0.2) is 6.61 Å². The first-order chi connectivity index (χ1) is 8.44. The van der Waals surface area contributed by atoms with Gasteiger partial charge in [-0.1, -0.05) is 19.9 Å². The number of rotatable bonds is 2. The van der Waals surface area contributed by atoms with Crippen molar-refractivity contribution in [3.63, 3.8) is 0 Å². The molecular weight excluding hydrogens is 222 g/mol. The van der Waals surface area contributed by atoms with Crippen LogP contribution < -0.4 is 10.5 Å². The highest BCUT2D eigenvalue weighted by Crippen LogP contribution is 2.42. The van der Waals surface area contributed by atoms with E-state index in [0.29, 0.717) is 12.0 Å². The molecule has 2 nitrogen and oxygen atoms in total. The van der Waals surface area contributed by atoms with Crippen molar-refractivity contribution in [3.05, 3.63) is 28.8 Å². The molecule has 0 saturated heterocycles. The summed E-state index contributed by atoms with van der Waals surface area (Å²) in [5.74, 6) is 1.03. The Morgan fingerprint density at radius 2 is 2.11 bits per heavy atom. The van der Waals surface area contributed by atoms with Crippen LogP contribution in [0.5, 0.6) is 5.75 Å². The highest BCUT2D eigenvalue weighted by molar-refractivity contribution is 5.47. The number of benzene rings is 1. The molecule has 0 fully saturated rings. The van der Waals surface area contributed by atoms with Crippen LogP contribution in [0.1, 0.15) is 56.3 Å². The lowest BCUT2D eigenvalue weighted by atomic mass is 9.83. The van der Waals surface area contributed by atoms with E-state index in [4.69, 9.17) is 10.5 Å². The van der Waals surface area contributed by atoms with Gasteiger partial charge in [-0.2, -0.15) is 0 Å². The van der Waals surface area contributed by atoms with Gasteiger partial charge >= 0.3 is 0 Å². The second kappa shape index (κ2) is 4.93. The molecule has 0 spiro atoms. The van der Waals surface area contributed by atoms with Crippen LogP contribution in [0.4, 0.5) is 0 Å². The monoisotopic (exact) mass is 247 g/mol. The molecule has 100 valence electrons. The summed E-state index contributed by atoms with van der Waals surface area (Å²) in [4.78, 5) is 0. The van der Waals surface area contributed by atoms with E-state index in [1.165, 1.54) is 23.1 Å². The van der Waals surface area contributed by atoms with E-state index in [0.717, 1.165) is 18.6 Å². The van der Waals surface area contributed by atoms with Gasteiger partial charge in [0, 0.05) is 6.04 Å². The summed E-state index contributed by atoms with van der Waals surface area (Å²) in [6.45, 7) is 9.54. The molecule has 0 radical (unpaired) electrons. The summed E-state index contributed by atoms with van der Waals surface area (Å²) in [7, 11) is 0. The van der Waals surface area contributed by atoms with Crippen LogP contribution in [0.2, 0.25) is 0 Å². The van der Waals surface area contributed by atoms with Gasteiger partial charge in [0.2, 0.25) is 0 Å². The highest BCUT2D eigenvalue weighted by Gasteiger charge is 2.30. The van der Waals surface area contributed by atoms with E-state index >= 15 is 0 Å². The van der Waals surface area contributed by atoms with E-state index in [1.807, 2.05) is 6.92 Å². The van der Waals surface area contributed by atoms with Crippen molar-refractivity contribution < 1.29 is 4.74 Å². The van der Waals surface area contributed by atoms with E-state index in [-0.39, 0.29) is 6.04 Å². The van der Waals surface area contributed by atoms with Crippen LogP contribution in [0.15, 0.2) is 12.1 Å². The molecule has 0 bridgehead atoms. The molecule has 0 aliphatic heterocycles. The number of nitrogens with two attached hydrogens (primary N) is 1. The summed E-state index contributed by atoms with van der Waals surface area (Å²) >= 11 is 0. The zero-order chi connectivity index (χ0) is 13.3. The number of hydrogen-bond donors (Lipinski definition) is 1. The Morgan fingerprint density at radius 3 is 2.78 bits per heavy atom. The van der Waals surface area contributed by atoms with Crippen LogP contribution >= 0.6 is 0 Å². The average molecular weight is 247 g/mol. The van der Waals surface area contributed by atoms with Crippen molar-refractivity contribution >= 4 is 0 Å². The predicted octanol–water partition coefficient (Wildman–Crippen LogP) is 3.76. The fourth-order valence-electron chi connectivity index (χ4n) is 3.09. The first-order valence-corrected chi connectivity index (χ1v) is 6.95. The third-order valence-electron chi connectivity index (χ3n) is 4.03. The van der Waals surface area contributed by atoms with Gasteiger partial charge in [0.15, 0.2) is 0 Å². The number of aryl methyl sites for hydroxylation is 1. The number of fused-ring (bicyclic) bond motifs is 1. The molecule has 0 aromatic heterocycles. The fourth-order valence-corrected chi connectivity index (χ4v) is 3.09. The Morgan fingerprint density at radius 1 is 1.39 bits per heavy atom. The molecule has 2 N–H and O–H groups in total. The minimum Gasteiger partial charge on any atom is -0.494 e. The molecule has 18 heavy (non-hydrogen) atoms. The minimum atomic E-state index is 0.137. The largest absolute Gasteiger partial charge is 0.494 e. The maximum Gasteiger partial charge on any atom is 0.122 e. The minimum absolute atomic E-state index is 0.137. The second-order valence-corrected chi connectivity index (χ2v) is 6.18. The quantitative estimate of drug-likeness (QED) is 0.808. The van der Waals surface area contributed by atoms with Crippen molar-refractivity contribution in [2.24, 2.45) is 11.1 Å². The zero-order valence-electron chi connectivity index (χ0n) is 12.0. The van der Waals surface area contributed by atoms with Gasteiger partial charge in [0.05, 0.1) is 6.61 Å². The van der Waals surface area contributed by atoms with Gasteiger partial charge in [-0.25, -0.2) is 0 Å². The summed E-state index contributed by atoms with van der Waals surface area (Å²) in [6, 6.07) is 4.38. The third-order valence-corrected chi connectivity index (χ3v) is 4.03. The molecule has 1 atom stereocenters. The maximum atomic E-state index is 6.43. The van der Waals surface area contributed by atoms with Gasteiger partial charge < -0.3 is 10.5 Å². The van der Waals surface area contributed by atoms with Crippen LogP contribution in [0, 0.1) is 12.3 Å². The maximum absolute atomic E-state index is 6.43. The van der Waals surface area contributed by atoms with Crippen molar-refractivity contribution in [1.82, 2.24) is 0 Å². The highest BCUT2D eigenvalue weighted by atomic mass is 16.5. The molecule has 1 aromatic rings.